The van der Waals surface area contributed by atoms with Crippen molar-refractivity contribution >= 4 is 11.9 Å². The molecule has 25 heavy (non-hydrogen) atoms. The molecule has 2 aliphatic heterocycles. The van der Waals surface area contributed by atoms with E-state index in [-0.39, 0.29) is 18.1 Å². The SMILES string of the molecule is C[C@@H]1[C@H](C(=O)O)CCCN1C(=O)c1ccc(OCC2CCCO2)cc1. The Labute approximate surface area is 147 Å². The van der Waals surface area contributed by atoms with E-state index in [1.54, 1.807) is 29.2 Å². The molecule has 1 aromatic rings. The largest absolute Gasteiger partial charge is 0.491 e. The monoisotopic (exact) mass is 347 g/mol. The molecule has 1 amide bonds. The van der Waals surface area contributed by atoms with Crippen LogP contribution in [0.5, 0.6) is 5.75 Å². The fourth-order valence-electron chi connectivity index (χ4n) is 3.58. The van der Waals surface area contributed by atoms with E-state index in [2.05, 4.69) is 0 Å². The molecular weight excluding hydrogens is 322 g/mol. The highest BCUT2D eigenvalue weighted by atomic mass is 16.5. The zero-order valence-corrected chi connectivity index (χ0v) is 14.5. The molecule has 2 fully saturated rings. The van der Waals surface area contributed by atoms with Gasteiger partial charge in [-0.3, -0.25) is 9.59 Å². The number of carbonyl (C=O) groups is 2. The summed E-state index contributed by atoms with van der Waals surface area (Å²) in [6.07, 6.45) is 3.59. The Kier molecular flexibility index (Phi) is 5.58. The number of nitrogens with zero attached hydrogens (tertiary/aromatic N) is 1. The predicted molar refractivity (Wildman–Crippen MR) is 91.8 cm³/mol. The Morgan fingerprint density at radius 2 is 2.00 bits per heavy atom. The molecule has 3 rings (SSSR count). The lowest BCUT2D eigenvalue weighted by Crippen LogP contribution is -2.49. The minimum atomic E-state index is -0.831. The molecule has 0 aliphatic carbocycles. The Hall–Kier alpha value is -2.08. The second-order valence-electron chi connectivity index (χ2n) is 6.80. The van der Waals surface area contributed by atoms with Gasteiger partial charge in [-0.25, -0.2) is 0 Å². The van der Waals surface area contributed by atoms with Crippen LogP contribution in [0.25, 0.3) is 0 Å². The Balaban J connectivity index is 1.60. The molecule has 6 heteroatoms. The van der Waals surface area contributed by atoms with Crippen molar-refractivity contribution in [3.05, 3.63) is 29.8 Å². The van der Waals surface area contributed by atoms with E-state index in [4.69, 9.17) is 9.47 Å². The predicted octanol–water partition coefficient (Wildman–Crippen LogP) is 2.57. The second kappa shape index (κ2) is 7.87. The molecule has 0 aromatic heterocycles. The van der Waals surface area contributed by atoms with Gasteiger partial charge >= 0.3 is 5.97 Å². The molecule has 136 valence electrons. The molecular formula is C19H25NO5. The van der Waals surface area contributed by atoms with E-state index in [0.29, 0.717) is 30.9 Å². The third-order valence-corrected chi connectivity index (χ3v) is 5.13. The van der Waals surface area contributed by atoms with Gasteiger partial charge in [-0.15, -0.1) is 0 Å². The first-order chi connectivity index (χ1) is 12.1. The van der Waals surface area contributed by atoms with Crippen LogP contribution >= 0.6 is 0 Å². The highest BCUT2D eigenvalue weighted by molar-refractivity contribution is 5.95. The van der Waals surface area contributed by atoms with Crippen molar-refractivity contribution in [3.63, 3.8) is 0 Å². The van der Waals surface area contributed by atoms with E-state index >= 15 is 0 Å². The number of carboxylic acid groups (broad SMARTS) is 1. The molecule has 0 saturated carbocycles. The molecule has 0 spiro atoms. The summed E-state index contributed by atoms with van der Waals surface area (Å²) in [5.41, 5.74) is 0.558. The summed E-state index contributed by atoms with van der Waals surface area (Å²) in [5.74, 6) is -0.735. The highest BCUT2D eigenvalue weighted by Gasteiger charge is 2.35. The average molecular weight is 347 g/mol. The molecule has 1 N–H and O–H groups in total. The van der Waals surface area contributed by atoms with E-state index in [9.17, 15) is 14.7 Å². The zero-order chi connectivity index (χ0) is 17.8. The van der Waals surface area contributed by atoms with Gasteiger partial charge in [0, 0.05) is 24.8 Å². The molecule has 0 radical (unpaired) electrons. The minimum absolute atomic E-state index is 0.121. The first kappa shape index (κ1) is 17.7. The summed E-state index contributed by atoms with van der Waals surface area (Å²) in [7, 11) is 0. The summed E-state index contributed by atoms with van der Waals surface area (Å²) in [6, 6.07) is 6.75. The second-order valence-corrected chi connectivity index (χ2v) is 6.80. The molecule has 3 atom stereocenters. The molecule has 1 aromatic carbocycles. The van der Waals surface area contributed by atoms with Crippen LogP contribution in [-0.2, 0) is 9.53 Å². The van der Waals surface area contributed by atoms with Crippen LogP contribution in [0.4, 0.5) is 0 Å². The lowest BCUT2D eigenvalue weighted by atomic mass is 9.90. The number of rotatable bonds is 5. The average Bonchev–Trinajstić information content (AvgIpc) is 3.13. The summed E-state index contributed by atoms with van der Waals surface area (Å²) < 4.78 is 11.2. The lowest BCUT2D eigenvalue weighted by Gasteiger charge is -2.37. The minimum Gasteiger partial charge on any atom is -0.491 e. The van der Waals surface area contributed by atoms with Crippen LogP contribution in [0, 0.1) is 5.92 Å². The maximum absolute atomic E-state index is 12.7. The summed E-state index contributed by atoms with van der Waals surface area (Å²) >= 11 is 0. The van der Waals surface area contributed by atoms with Gasteiger partial charge in [-0.2, -0.15) is 0 Å². The van der Waals surface area contributed by atoms with Gasteiger partial charge < -0.3 is 19.5 Å². The maximum atomic E-state index is 12.7. The topological polar surface area (TPSA) is 76.1 Å². The van der Waals surface area contributed by atoms with Crippen molar-refractivity contribution < 1.29 is 24.2 Å². The van der Waals surface area contributed by atoms with Crippen LogP contribution in [-0.4, -0.2) is 53.8 Å². The number of likely N-dealkylation sites (tertiary alicyclic amines) is 1. The number of benzene rings is 1. The summed E-state index contributed by atoms with van der Waals surface area (Å²) in [5, 5.41) is 9.30. The summed E-state index contributed by atoms with van der Waals surface area (Å²) in [6.45, 7) is 3.74. The highest BCUT2D eigenvalue weighted by Crippen LogP contribution is 2.26. The number of amides is 1. The van der Waals surface area contributed by atoms with Gasteiger partial charge in [-0.1, -0.05) is 0 Å². The first-order valence-electron chi connectivity index (χ1n) is 8.94. The quantitative estimate of drug-likeness (QED) is 0.886. The first-order valence-corrected chi connectivity index (χ1v) is 8.94. The normalized spacial score (nSPS) is 26.4. The fourth-order valence-corrected chi connectivity index (χ4v) is 3.58. The van der Waals surface area contributed by atoms with Gasteiger partial charge in [0.2, 0.25) is 0 Å². The smallest absolute Gasteiger partial charge is 0.308 e. The van der Waals surface area contributed by atoms with E-state index in [1.165, 1.54) is 0 Å². The molecule has 2 saturated heterocycles. The maximum Gasteiger partial charge on any atom is 0.308 e. The third kappa shape index (κ3) is 4.12. The molecule has 0 bridgehead atoms. The molecule has 2 aliphatic rings. The van der Waals surface area contributed by atoms with Crippen molar-refractivity contribution in [3.8, 4) is 5.75 Å². The Morgan fingerprint density at radius 1 is 1.24 bits per heavy atom. The number of ether oxygens (including phenoxy) is 2. The van der Waals surface area contributed by atoms with Crippen LogP contribution < -0.4 is 4.74 Å². The van der Waals surface area contributed by atoms with E-state index in [1.807, 2.05) is 6.92 Å². The standard InChI is InChI=1S/C19H25NO5/c1-13-17(19(22)23)5-2-10-20(13)18(21)14-6-8-15(9-7-14)25-12-16-4-3-11-24-16/h6-9,13,16-17H,2-5,10-12H2,1H3,(H,22,23)/t13-,16?,17-/m1/s1. The molecule has 6 nitrogen and oxygen atoms in total. The number of piperidine rings is 1. The number of aliphatic carboxylic acids is 1. The van der Waals surface area contributed by atoms with Crippen molar-refractivity contribution in [2.75, 3.05) is 19.8 Å². The van der Waals surface area contributed by atoms with Crippen molar-refractivity contribution in [2.24, 2.45) is 5.92 Å². The fraction of sp³-hybridized carbons (Fsp3) is 0.579. The third-order valence-electron chi connectivity index (χ3n) is 5.13. The van der Waals surface area contributed by atoms with Crippen molar-refractivity contribution in [2.45, 2.75) is 44.8 Å². The van der Waals surface area contributed by atoms with Gasteiger partial charge in [0.05, 0.1) is 12.0 Å². The van der Waals surface area contributed by atoms with Crippen LogP contribution in [0.2, 0.25) is 0 Å². The van der Waals surface area contributed by atoms with Crippen LogP contribution in [0.15, 0.2) is 24.3 Å². The summed E-state index contributed by atoms with van der Waals surface area (Å²) in [4.78, 5) is 25.7. The Morgan fingerprint density at radius 3 is 2.64 bits per heavy atom. The van der Waals surface area contributed by atoms with Gasteiger partial charge in [0.25, 0.3) is 5.91 Å². The van der Waals surface area contributed by atoms with Crippen molar-refractivity contribution in [1.29, 1.82) is 0 Å². The Bertz CT molecular complexity index is 609. The van der Waals surface area contributed by atoms with Gasteiger partial charge in [0.1, 0.15) is 12.4 Å². The zero-order valence-electron chi connectivity index (χ0n) is 14.5. The van der Waals surface area contributed by atoms with Crippen LogP contribution in [0.1, 0.15) is 43.0 Å². The van der Waals surface area contributed by atoms with Crippen molar-refractivity contribution in [1.82, 2.24) is 4.90 Å². The van der Waals surface area contributed by atoms with E-state index < -0.39 is 11.9 Å². The van der Waals surface area contributed by atoms with Gasteiger partial charge in [-0.05, 0) is 56.9 Å². The number of hydrogen-bond acceptors (Lipinski definition) is 4. The van der Waals surface area contributed by atoms with Gasteiger partial charge in [0.15, 0.2) is 0 Å². The number of hydrogen-bond donors (Lipinski definition) is 1. The number of carbonyl (C=O) groups excluding carboxylic acids is 1. The van der Waals surface area contributed by atoms with Crippen LogP contribution in [0.3, 0.4) is 0 Å². The van der Waals surface area contributed by atoms with E-state index in [0.717, 1.165) is 25.9 Å². The lowest BCUT2D eigenvalue weighted by molar-refractivity contribution is -0.144. The number of carboxylic acids is 1. The molecule has 1 unspecified atom stereocenters. The molecule has 2 heterocycles.